The lowest BCUT2D eigenvalue weighted by molar-refractivity contribution is -0.139. The van der Waals surface area contributed by atoms with Gasteiger partial charge < -0.3 is 15.7 Å². The van der Waals surface area contributed by atoms with Gasteiger partial charge in [0.15, 0.2) is 0 Å². The largest absolute Gasteiger partial charge is 0.480 e. The van der Waals surface area contributed by atoms with Gasteiger partial charge in [0.1, 0.15) is 17.7 Å². The molecule has 1 aromatic carbocycles. The number of aliphatic carboxylic acids is 1. The molecule has 0 unspecified atom stereocenters. The van der Waals surface area contributed by atoms with E-state index in [1.807, 2.05) is 0 Å². The van der Waals surface area contributed by atoms with Gasteiger partial charge in [-0.25, -0.2) is 18.4 Å². The number of carboxylic acid groups (broad SMARTS) is 1. The number of anilines is 1. The molecule has 0 aliphatic carbocycles. The summed E-state index contributed by atoms with van der Waals surface area (Å²) in [7, 11) is 0. The Kier molecular flexibility index (Phi) is 5.23. The smallest absolute Gasteiger partial charge is 0.326 e. The number of rotatable bonds is 5. The highest BCUT2D eigenvalue weighted by Crippen LogP contribution is 2.15. The summed E-state index contributed by atoms with van der Waals surface area (Å²) in [5, 5.41) is 13.1. The van der Waals surface area contributed by atoms with Gasteiger partial charge in [0.2, 0.25) is 0 Å². The Labute approximate surface area is 108 Å². The summed E-state index contributed by atoms with van der Waals surface area (Å²) in [6.45, 7) is 1.77. The minimum atomic E-state index is -1.18. The number of urea groups is 1. The van der Waals surface area contributed by atoms with Gasteiger partial charge in [0.25, 0.3) is 0 Å². The third kappa shape index (κ3) is 4.53. The van der Waals surface area contributed by atoms with Gasteiger partial charge in [0.05, 0.1) is 5.69 Å². The molecule has 0 saturated carbocycles. The summed E-state index contributed by atoms with van der Waals surface area (Å²) in [6, 6.07) is 0.623. The van der Waals surface area contributed by atoms with E-state index in [4.69, 9.17) is 5.11 Å². The van der Waals surface area contributed by atoms with Crippen molar-refractivity contribution in [3.8, 4) is 0 Å². The van der Waals surface area contributed by atoms with Crippen LogP contribution in [0.4, 0.5) is 19.3 Å². The number of carbonyl (C=O) groups excluding carboxylic acids is 1. The molecule has 0 heterocycles. The van der Waals surface area contributed by atoms with Gasteiger partial charge in [-0.2, -0.15) is 0 Å². The quantitative estimate of drug-likeness (QED) is 0.769. The maximum absolute atomic E-state index is 13.2. The van der Waals surface area contributed by atoms with Crippen molar-refractivity contribution >= 4 is 17.7 Å². The van der Waals surface area contributed by atoms with Gasteiger partial charge >= 0.3 is 12.0 Å². The van der Waals surface area contributed by atoms with Gasteiger partial charge in [0, 0.05) is 6.07 Å². The van der Waals surface area contributed by atoms with Crippen LogP contribution >= 0.6 is 0 Å². The van der Waals surface area contributed by atoms with Crippen LogP contribution in [0.1, 0.15) is 19.8 Å². The fourth-order valence-corrected chi connectivity index (χ4v) is 1.46. The van der Waals surface area contributed by atoms with Crippen LogP contribution in [-0.4, -0.2) is 23.1 Å². The van der Waals surface area contributed by atoms with Crippen LogP contribution in [0.3, 0.4) is 0 Å². The molecule has 0 aromatic heterocycles. The SMILES string of the molecule is CCC[C@@H](NC(=O)Nc1cc(F)ccc1F)C(=O)O. The Bertz CT molecular complexity index is 480. The fourth-order valence-electron chi connectivity index (χ4n) is 1.46. The highest BCUT2D eigenvalue weighted by Gasteiger charge is 2.19. The average molecular weight is 272 g/mol. The molecule has 7 heteroatoms. The van der Waals surface area contributed by atoms with Crippen molar-refractivity contribution in [1.29, 1.82) is 0 Å². The van der Waals surface area contributed by atoms with Crippen LogP contribution < -0.4 is 10.6 Å². The number of amides is 2. The molecule has 5 nitrogen and oxygen atoms in total. The lowest BCUT2D eigenvalue weighted by Crippen LogP contribution is -2.43. The van der Waals surface area contributed by atoms with Gasteiger partial charge in [-0.05, 0) is 18.6 Å². The molecule has 2 amide bonds. The minimum Gasteiger partial charge on any atom is -0.480 e. The van der Waals surface area contributed by atoms with Crippen molar-refractivity contribution in [2.75, 3.05) is 5.32 Å². The molecule has 0 spiro atoms. The molecule has 0 aliphatic heterocycles. The molecule has 3 N–H and O–H groups in total. The van der Waals surface area contributed by atoms with Gasteiger partial charge in [-0.3, -0.25) is 0 Å². The molecule has 1 atom stereocenters. The summed E-state index contributed by atoms with van der Waals surface area (Å²) in [5.41, 5.74) is -0.349. The Morgan fingerprint density at radius 3 is 2.63 bits per heavy atom. The third-order valence-electron chi connectivity index (χ3n) is 2.36. The summed E-state index contributed by atoms with van der Waals surface area (Å²) >= 11 is 0. The van der Waals surface area contributed by atoms with Crippen molar-refractivity contribution < 1.29 is 23.5 Å². The number of hydrogen-bond donors (Lipinski definition) is 3. The lowest BCUT2D eigenvalue weighted by Gasteiger charge is -2.14. The van der Waals surface area contributed by atoms with Crippen molar-refractivity contribution in [1.82, 2.24) is 5.32 Å². The number of halogens is 2. The standard InChI is InChI=1S/C12H14F2N2O3/c1-2-3-9(11(17)18)15-12(19)16-10-6-7(13)4-5-8(10)14/h4-6,9H,2-3H2,1H3,(H,17,18)(H2,15,16,19)/t9-/m1/s1. The van der Waals surface area contributed by atoms with E-state index < -0.39 is 29.7 Å². The van der Waals surface area contributed by atoms with Crippen LogP contribution in [0, 0.1) is 11.6 Å². The monoisotopic (exact) mass is 272 g/mol. The molecular weight excluding hydrogens is 258 g/mol. The average Bonchev–Trinajstić information content (AvgIpc) is 2.33. The normalized spacial score (nSPS) is 11.7. The number of benzene rings is 1. The van der Waals surface area contributed by atoms with Crippen LogP contribution in [0.5, 0.6) is 0 Å². The zero-order chi connectivity index (χ0) is 14.4. The van der Waals surface area contributed by atoms with E-state index in [1.165, 1.54) is 0 Å². The number of hydrogen-bond acceptors (Lipinski definition) is 2. The molecule has 0 bridgehead atoms. The summed E-state index contributed by atoms with van der Waals surface area (Å²) in [5.74, 6) is -2.70. The molecule has 0 fully saturated rings. The zero-order valence-electron chi connectivity index (χ0n) is 10.2. The second kappa shape index (κ2) is 6.67. The van der Waals surface area contributed by atoms with Gasteiger partial charge in [-0.15, -0.1) is 0 Å². The highest BCUT2D eigenvalue weighted by molar-refractivity contribution is 5.92. The minimum absolute atomic E-state index is 0.244. The summed E-state index contributed by atoms with van der Waals surface area (Å²) < 4.78 is 26.1. The molecule has 0 aliphatic rings. The predicted molar refractivity (Wildman–Crippen MR) is 64.8 cm³/mol. The van der Waals surface area contributed by atoms with E-state index in [1.54, 1.807) is 6.92 Å². The molecule has 1 rings (SSSR count). The molecular formula is C12H14F2N2O3. The maximum atomic E-state index is 13.2. The zero-order valence-corrected chi connectivity index (χ0v) is 10.2. The van der Waals surface area contributed by atoms with Crippen LogP contribution in [-0.2, 0) is 4.79 Å². The van der Waals surface area contributed by atoms with E-state index >= 15 is 0 Å². The van der Waals surface area contributed by atoms with E-state index in [-0.39, 0.29) is 12.1 Å². The van der Waals surface area contributed by atoms with E-state index in [2.05, 4.69) is 10.6 Å². The Hall–Kier alpha value is -2.18. The molecule has 0 radical (unpaired) electrons. The molecule has 104 valence electrons. The Morgan fingerprint density at radius 1 is 1.37 bits per heavy atom. The number of carbonyl (C=O) groups is 2. The van der Waals surface area contributed by atoms with E-state index in [0.29, 0.717) is 6.42 Å². The van der Waals surface area contributed by atoms with Crippen molar-refractivity contribution in [2.24, 2.45) is 0 Å². The van der Waals surface area contributed by atoms with Crippen LogP contribution in [0.2, 0.25) is 0 Å². The topological polar surface area (TPSA) is 78.4 Å². The first-order valence-corrected chi connectivity index (χ1v) is 5.69. The highest BCUT2D eigenvalue weighted by atomic mass is 19.1. The summed E-state index contributed by atoms with van der Waals surface area (Å²) in [4.78, 5) is 22.3. The summed E-state index contributed by atoms with van der Waals surface area (Å²) in [6.07, 6.45) is 0.806. The molecule has 19 heavy (non-hydrogen) atoms. The maximum Gasteiger partial charge on any atom is 0.326 e. The Balaban J connectivity index is 2.68. The molecule has 1 aromatic rings. The lowest BCUT2D eigenvalue weighted by atomic mass is 10.2. The van der Waals surface area contributed by atoms with E-state index in [9.17, 15) is 18.4 Å². The number of carboxylic acids is 1. The number of nitrogens with one attached hydrogen (secondary N) is 2. The van der Waals surface area contributed by atoms with Crippen molar-refractivity contribution in [3.05, 3.63) is 29.8 Å². The third-order valence-corrected chi connectivity index (χ3v) is 2.36. The first-order valence-electron chi connectivity index (χ1n) is 5.69. The van der Waals surface area contributed by atoms with Gasteiger partial charge in [-0.1, -0.05) is 13.3 Å². The first kappa shape index (κ1) is 14.9. The first-order chi connectivity index (χ1) is 8.93. The second-order valence-corrected chi connectivity index (χ2v) is 3.90. The van der Waals surface area contributed by atoms with Crippen molar-refractivity contribution in [3.63, 3.8) is 0 Å². The Morgan fingerprint density at radius 2 is 2.05 bits per heavy atom. The van der Waals surface area contributed by atoms with E-state index in [0.717, 1.165) is 18.2 Å². The predicted octanol–water partition coefficient (Wildman–Crippen LogP) is 2.34. The van der Waals surface area contributed by atoms with Crippen LogP contribution in [0.15, 0.2) is 18.2 Å². The second-order valence-electron chi connectivity index (χ2n) is 3.90. The van der Waals surface area contributed by atoms with Crippen LogP contribution in [0.25, 0.3) is 0 Å². The molecule has 0 saturated heterocycles. The fraction of sp³-hybridized carbons (Fsp3) is 0.333. The van der Waals surface area contributed by atoms with Crippen molar-refractivity contribution in [2.45, 2.75) is 25.8 Å².